The summed E-state index contributed by atoms with van der Waals surface area (Å²) in [6.45, 7) is 4.81. The third kappa shape index (κ3) is 3.03. The van der Waals surface area contributed by atoms with Crippen molar-refractivity contribution < 1.29 is 0 Å². The summed E-state index contributed by atoms with van der Waals surface area (Å²) in [4.78, 5) is 4.77. The van der Waals surface area contributed by atoms with Crippen molar-refractivity contribution in [2.45, 2.75) is 20.4 Å². The van der Waals surface area contributed by atoms with Crippen molar-refractivity contribution in [2.75, 3.05) is 0 Å². The molecule has 0 fully saturated rings. The minimum absolute atomic E-state index is 0.663. The standard InChI is InChI=1S/C21H18ClN3/c1-14-12-15(2)23-21-19(14)20(17-6-4-3-5-7-17)24-25(21)13-16-8-10-18(22)11-9-16/h3-12H,13H2,1-2H3. The first-order valence-corrected chi connectivity index (χ1v) is 8.64. The zero-order chi connectivity index (χ0) is 17.4. The van der Waals surface area contributed by atoms with Crippen molar-refractivity contribution in [3.63, 3.8) is 0 Å². The second-order valence-electron chi connectivity index (χ2n) is 6.28. The molecule has 0 N–H and O–H groups in total. The SMILES string of the molecule is Cc1cc(C)c2c(-c3ccccc3)nn(Cc3ccc(Cl)cc3)c2n1. The first-order valence-electron chi connectivity index (χ1n) is 8.26. The first kappa shape index (κ1) is 15.9. The van der Waals surface area contributed by atoms with E-state index >= 15 is 0 Å². The average molecular weight is 348 g/mol. The van der Waals surface area contributed by atoms with Crippen LogP contribution in [0.5, 0.6) is 0 Å². The van der Waals surface area contributed by atoms with E-state index in [1.165, 1.54) is 5.56 Å². The Balaban J connectivity index is 1.91. The number of fused-ring (bicyclic) bond motifs is 1. The van der Waals surface area contributed by atoms with Gasteiger partial charge < -0.3 is 0 Å². The number of hydrogen-bond donors (Lipinski definition) is 0. The lowest BCUT2D eigenvalue weighted by molar-refractivity contribution is 0.706. The number of nitrogens with zero attached hydrogens (tertiary/aromatic N) is 3. The minimum Gasteiger partial charge on any atom is -0.242 e. The Labute approximate surface area is 151 Å². The topological polar surface area (TPSA) is 30.7 Å². The molecular formula is C21H18ClN3. The van der Waals surface area contributed by atoms with E-state index in [0.29, 0.717) is 6.54 Å². The van der Waals surface area contributed by atoms with Crippen LogP contribution >= 0.6 is 11.6 Å². The highest BCUT2D eigenvalue weighted by Crippen LogP contribution is 2.30. The second kappa shape index (κ2) is 6.34. The summed E-state index contributed by atoms with van der Waals surface area (Å²) in [5, 5.41) is 6.76. The fourth-order valence-electron chi connectivity index (χ4n) is 3.19. The number of halogens is 1. The maximum Gasteiger partial charge on any atom is 0.159 e. The van der Waals surface area contributed by atoms with E-state index in [4.69, 9.17) is 21.7 Å². The molecule has 0 saturated carbocycles. The molecule has 2 aromatic carbocycles. The molecule has 2 aromatic heterocycles. The molecule has 0 saturated heterocycles. The molecule has 3 nitrogen and oxygen atoms in total. The Hall–Kier alpha value is -2.65. The Morgan fingerprint density at radius 1 is 0.960 bits per heavy atom. The maximum absolute atomic E-state index is 6.00. The van der Waals surface area contributed by atoms with Crippen molar-refractivity contribution in [3.05, 3.63) is 82.5 Å². The van der Waals surface area contributed by atoms with E-state index in [2.05, 4.69) is 25.1 Å². The maximum atomic E-state index is 6.00. The molecule has 0 atom stereocenters. The van der Waals surface area contributed by atoms with Gasteiger partial charge in [0.15, 0.2) is 5.65 Å². The van der Waals surface area contributed by atoms with E-state index < -0.39 is 0 Å². The van der Waals surface area contributed by atoms with Crippen LogP contribution in [0, 0.1) is 13.8 Å². The third-order valence-electron chi connectivity index (χ3n) is 4.32. The molecular weight excluding hydrogens is 330 g/mol. The number of hydrogen-bond acceptors (Lipinski definition) is 2. The average Bonchev–Trinajstić information content (AvgIpc) is 2.96. The van der Waals surface area contributed by atoms with Gasteiger partial charge >= 0.3 is 0 Å². The van der Waals surface area contributed by atoms with Gasteiger partial charge in [-0.1, -0.05) is 54.1 Å². The Kier molecular flexibility index (Phi) is 4.02. The molecule has 0 unspecified atom stereocenters. The normalized spacial score (nSPS) is 11.2. The molecule has 0 aliphatic heterocycles. The van der Waals surface area contributed by atoms with Gasteiger partial charge in [-0.3, -0.25) is 0 Å². The Morgan fingerprint density at radius 2 is 1.68 bits per heavy atom. The molecule has 0 aliphatic rings. The van der Waals surface area contributed by atoms with Crippen LogP contribution in [0.25, 0.3) is 22.3 Å². The molecule has 2 heterocycles. The van der Waals surface area contributed by atoms with E-state index in [1.54, 1.807) is 0 Å². The van der Waals surface area contributed by atoms with Crippen LogP contribution in [-0.4, -0.2) is 14.8 Å². The van der Waals surface area contributed by atoms with Gasteiger partial charge in [-0.05, 0) is 43.2 Å². The predicted octanol–water partition coefficient (Wildman–Crippen LogP) is 5.42. The van der Waals surface area contributed by atoms with E-state index in [1.807, 2.05) is 54.1 Å². The molecule has 0 amide bonds. The van der Waals surface area contributed by atoms with Gasteiger partial charge in [0.2, 0.25) is 0 Å². The monoisotopic (exact) mass is 347 g/mol. The van der Waals surface area contributed by atoms with Gasteiger partial charge in [-0.25, -0.2) is 9.67 Å². The fourth-order valence-corrected chi connectivity index (χ4v) is 3.31. The third-order valence-corrected chi connectivity index (χ3v) is 4.57. The van der Waals surface area contributed by atoms with Crippen molar-refractivity contribution in [1.82, 2.24) is 14.8 Å². The lowest BCUT2D eigenvalue weighted by atomic mass is 10.1. The van der Waals surface area contributed by atoms with Gasteiger partial charge in [-0.15, -0.1) is 0 Å². The number of aryl methyl sites for hydroxylation is 2. The molecule has 4 rings (SSSR count). The van der Waals surface area contributed by atoms with Crippen molar-refractivity contribution in [1.29, 1.82) is 0 Å². The molecule has 124 valence electrons. The zero-order valence-electron chi connectivity index (χ0n) is 14.2. The number of benzene rings is 2. The highest BCUT2D eigenvalue weighted by Gasteiger charge is 2.16. The second-order valence-corrected chi connectivity index (χ2v) is 6.71. The molecule has 0 aliphatic carbocycles. The van der Waals surface area contributed by atoms with Crippen molar-refractivity contribution >= 4 is 22.6 Å². The zero-order valence-corrected chi connectivity index (χ0v) is 15.0. The molecule has 0 spiro atoms. The molecule has 4 heteroatoms. The summed E-state index contributed by atoms with van der Waals surface area (Å²) in [5.74, 6) is 0. The summed E-state index contributed by atoms with van der Waals surface area (Å²) < 4.78 is 1.99. The summed E-state index contributed by atoms with van der Waals surface area (Å²) >= 11 is 6.00. The van der Waals surface area contributed by atoms with Crippen LogP contribution < -0.4 is 0 Å². The van der Waals surface area contributed by atoms with E-state index in [9.17, 15) is 0 Å². The number of aromatic nitrogens is 3. The minimum atomic E-state index is 0.663. The van der Waals surface area contributed by atoms with Gasteiger partial charge in [0.1, 0.15) is 5.69 Å². The van der Waals surface area contributed by atoms with Gasteiger partial charge in [-0.2, -0.15) is 5.10 Å². The highest BCUT2D eigenvalue weighted by molar-refractivity contribution is 6.30. The Morgan fingerprint density at radius 3 is 2.40 bits per heavy atom. The van der Waals surface area contributed by atoms with Crippen LogP contribution in [0.4, 0.5) is 0 Å². The summed E-state index contributed by atoms with van der Waals surface area (Å²) in [5.41, 5.74) is 6.36. The van der Waals surface area contributed by atoms with Gasteiger partial charge in [0.25, 0.3) is 0 Å². The van der Waals surface area contributed by atoms with Crippen molar-refractivity contribution in [2.24, 2.45) is 0 Å². The van der Waals surface area contributed by atoms with Crippen LogP contribution in [-0.2, 0) is 6.54 Å². The predicted molar refractivity (Wildman–Crippen MR) is 103 cm³/mol. The van der Waals surface area contributed by atoms with Gasteiger partial charge in [0, 0.05) is 21.7 Å². The number of rotatable bonds is 3. The van der Waals surface area contributed by atoms with Crippen LogP contribution in [0.3, 0.4) is 0 Å². The van der Waals surface area contributed by atoms with Crippen LogP contribution in [0.15, 0.2) is 60.7 Å². The smallest absolute Gasteiger partial charge is 0.159 e. The summed E-state index contributed by atoms with van der Waals surface area (Å²) in [7, 11) is 0. The summed E-state index contributed by atoms with van der Waals surface area (Å²) in [6, 6.07) is 20.3. The lowest BCUT2D eigenvalue weighted by Crippen LogP contribution is -2.03. The Bertz CT molecular complexity index is 1030. The van der Waals surface area contributed by atoms with E-state index in [-0.39, 0.29) is 0 Å². The lowest BCUT2D eigenvalue weighted by Gasteiger charge is -2.05. The number of pyridine rings is 1. The molecule has 25 heavy (non-hydrogen) atoms. The largest absolute Gasteiger partial charge is 0.242 e. The highest BCUT2D eigenvalue weighted by atomic mass is 35.5. The summed E-state index contributed by atoms with van der Waals surface area (Å²) in [6.07, 6.45) is 0. The molecule has 0 bridgehead atoms. The quantitative estimate of drug-likeness (QED) is 0.495. The van der Waals surface area contributed by atoms with Crippen LogP contribution in [0.1, 0.15) is 16.8 Å². The molecule has 0 radical (unpaired) electrons. The fraction of sp³-hybridized carbons (Fsp3) is 0.143. The molecule has 4 aromatic rings. The van der Waals surface area contributed by atoms with E-state index in [0.717, 1.165) is 38.6 Å². The van der Waals surface area contributed by atoms with Crippen molar-refractivity contribution in [3.8, 4) is 11.3 Å². The first-order chi connectivity index (χ1) is 12.1. The van der Waals surface area contributed by atoms with Gasteiger partial charge in [0.05, 0.1) is 6.54 Å². The van der Waals surface area contributed by atoms with Crippen LogP contribution in [0.2, 0.25) is 5.02 Å².